The summed E-state index contributed by atoms with van der Waals surface area (Å²) in [5.41, 5.74) is 8.65. The number of primary amides is 1. The topological polar surface area (TPSA) is 47.5 Å². The third kappa shape index (κ3) is 1.98. The monoisotopic (exact) mass is 270 g/mol. The molecule has 3 rings (SSSR count). The fourth-order valence-electron chi connectivity index (χ4n) is 2.19. The average Bonchev–Trinajstić information content (AvgIpc) is 2.79. The fraction of sp³-hybridized carbons (Fsp3) is 0. The number of halogens is 1. The Balaban J connectivity index is 2.29. The molecule has 19 heavy (non-hydrogen) atoms. The second kappa shape index (κ2) is 4.44. The van der Waals surface area contributed by atoms with E-state index in [0.29, 0.717) is 10.6 Å². The molecule has 0 saturated heterocycles. The van der Waals surface area contributed by atoms with Crippen LogP contribution in [0, 0.1) is 0 Å². The molecule has 0 bridgehead atoms. The molecule has 3 aromatic rings. The number of nitrogens with two attached hydrogens (primary N) is 1. The normalized spacial score (nSPS) is 10.8. The van der Waals surface area contributed by atoms with Crippen LogP contribution in [0.15, 0.2) is 54.7 Å². The summed E-state index contributed by atoms with van der Waals surface area (Å²) in [5.74, 6) is -0.427. The molecule has 0 radical (unpaired) electrons. The summed E-state index contributed by atoms with van der Waals surface area (Å²) in [7, 11) is 0. The Bertz CT molecular complexity index is 759. The Morgan fingerprint density at radius 2 is 1.84 bits per heavy atom. The number of benzene rings is 1. The van der Waals surface area contributed by atoms with E-state index >= 15 is 0 Å². The number of nitrogens with zero attached hydrogens (tertiary/aromatic N) is 1. The minimum atomic E-state index is -0.427. The minimum absolute atomic E-state index is 0.427. The summed E-state index contributed by atoms with van der Waals surface area (Å²) in [5, 5.41) is 0.680. The molecule has 0 aliphatic heterocycles. The number of amides is 1. The summed E-state index contributed by atoms with van der Waals surface area (Å²) >= 11 is 5.89. The van der Waals surface area contributed by atoms with Crippen LogP contribution < -0.4 is 5.73 Å². The SMILES string of the molecule is NC(=O)c1cc(-c2ccc(Cl)cc2)n2ccccc12. The Hall–Kier alpha value is -2.26. The van der Waals surface area contributed by atoms with Crippen LogP contribution >= 0.6 is 11.6 Å². The molecule has 1 aromatic carbocycles. The first-order valence-corrected chi connectivity index (χ1v) is 6.20. The summed E-state index contributed by atoms with van der Waals surface area (Å²) < 4.78 is 1.95. The lowest BCUT2D eigenvalue weighted by molar-refractivity contribution is 0.100. The lowest BCUT2D eigenvalue weighted by atomic mass is 10.1. The van der Waals surface area contributed by atoms with Gasteiger partial charge in [-0.25, -0.2) is 0 Å². The molecule has 0 fully saturated rings. The quantitative estimate of drug-likeness (QED) is 0.763. The van der Waals surface area contributed by atoms with Gasteiger partial charge in [0.1, 0.15) is 0 Å². The van der Waals surface area contributed by atoms with Crippen molar-refractivity contribution in [1.82, 2.24) is 4.40 Å². The molecule has 3 nitrogen and oxygen atoms in total. The zero-order chi connectivity index (χ0) is 13.4. The molecule has 1 amide bonds. The van der Waals surface area contributed by atoms with Crippen molar-refractivity contribution in [3.05, 3.63) is 65.3 Å². The summed E-state index contributed by atoms with van der Waals surface area (Å²) in [6.07, 6.45) is 1.91. The first-order valence-electron chi connectivity index (χ1n) is 5.82. The van der Waals surface area contributed by atoms with Crippen molar-refractivity contribution in [2.45, 2.75) is 0 Å². The Morgan fingerprint density at radius 1 is 1.11 bits per heavy atom. The van der Waals surface area contributed by atoms with Crippen molar-refractivity contribution in [2.24, 2.45) is 5.73 Å². The van der Waals surface area contributed by atoms with E-state index in [0.717, 1.165) is 16.8 Å². The lowest BCUT2D eigenvalue weighted by Crippen LogP contribution is -2.10. The van der Waals surface area contributed by atoms with E-state index in [9.17, 15) is 4.79 Å². The van der Waals surface area contributed by atoms with Gasteiger partial charge in [-0.2, -0.15) is 0 Å². The van der Waals surface area contributed by atoms with Crippen LogP contribution in [-0.4, -0.2) is 10.3 Å². The molecule has 0 saturated carbocycles. The van der Waals surface area contributed by atoms with Crippen molar-refractivity contribution in [3.8, 4) is 11.3 Å². The Morgan fingerprint density at radius 3 is 2.53 bits per heavy atom. The van der Waals surface area contributed by atoms with Crippen LogP contribution in [0.3, 0.4) is 0 Å². The molecule has 0 aliphatic carbocycles. The van der Waals surface area contributed by atoms with Gasteiger partial charge >= 0.3 is 0 Å². The van der Waals surface area contributed by atoms with Crippen LogP contribution in [0.5, 0.6) is 0 Å². The molecule has 0 spiro atoms. The molecule has 2 aromatic heterocycles. The Labute approximate surface area is 115 Å². The van der Waals surface area contributed by atoms with Crippen LogP contribution in [0.25, 0.3) is 16.8 Å². The largest absolute Gasteiger partial charge is 0.366 e. The van der Waals surface area contributed by atoms with Gasteiger partial charge in [-0.3, -0.25) is 4.79 Å². The van der Waals surface area contributed by atoms with Crippen molar-refractivity contribution in [2.75, 3.05) is 0 Å². The van der Waals surface area contributed by atoms with Gasteiger partial charge in [0.05, 0.1) is 16.8 Å². The van der Waals surface area contributed by atoms with Crippen molar-refractivity contribution in [3.63, 3.8) is 0 Å². The van der Waals surface area contributed by atoms with E-state index in [4.69, 9.17) is 17.3 Å². The number of carbonyl (C=O) groups excluding carboxylic acids is 1. The van der Waals surface area contributed by atoms with Gasteiger partial charge in [0.2, 0.25) is 0 Å². The maximum absolute atomic E-state index is 11.5. The van der Waals surface area contributed by atoms with Crippen LogP contribution in [0.1, 0.15) is 10.4 Å². The smallest absolute Gasteiger partial charge is 0.250 e. The van der Waals surface area contributed by atoms with E-state index in [2.05, 4.69) is 0 Å². The highest BCUT2D eigenvalue weighted by molar-refractivity contribution is 6.30. The average molecular weight is 271 g/mol. The summed E-state index contributed by atoms with van der Waals surface area (Å²) in [6, 6.07) is 15.0. The fourth-order valence-corrected chi connectivity index (χ4v) is 2.32. The van der Waals surface area contributed by atoms with Gasteiger partial charge in [0.25, 0.3) is 5.91 Å². The lowest BCUT2D eigenvalue weighted by Gasteiger charge is -2.02. The molecule has 0 unspecified atom stereocenters. The molecule has 4 heteroatoms. The predicted molar refractivity (Wildman–Crippen MR) is 76.4 cm³/mol. The van der Waals surface area contributed by atoms with Gasteiger partial charge < -0.3 is 10.1 Å². The zero-order valence-corrected chi connectivity index (χ0v) is 10.8. The number of hydrogen-bond donors (Lipinski definition) is 1. The van der Waals surface area contributed by atoms with Gasteiger partial charge in [0.15, 0.2) is 0 Å². The highest BCUT2D eigenvalue weighted by Gasteiger charge is 2.13. The zero-order valence-electron chi connectivity index (χ0n) is 10.0. The van der Waals surface area contributed by atoms with Crippen molar-refractivity contribution < 1.29 is 4.79 Å². The van der Waals surface area contributed by atoms with Gasteiger partial charge in [0, 0.05) is 11.2 Å². The van der Waals surface area contributed by atoms with E-state index in [1.807, 2.05) is 53.1 Å². The first kappa shape index (κ1) is 11.8. The molecule has 0 atom stereocenters. The van der Waals surface area contributed by atoms with Crippen LogP contribution in [-0.2, 0) is 0 Å². The first-order chi connectivity index (χ1) is 9.16. The maximum Gasteiger partial charge on any atom is 0.250 e. The predicted octanol–water partition coefficient (Wildman–Crippen LogP) is 3.36. The number of pyridine rings is 1. The second-order valence-electron chi connectivity index (χ2n) is 4.27. The third-order valence-electron chi connectivity index (χ3n) is 3.08. The molecule has 0 aliphatic rings. The van der Waals surface area contributed by atoms with Crippen LogP contribution in [0.4, 0.5) is 0 Å². The van der Waals surface area contributed by atoms with E-state index in [-0.39, 0.29) is 0 Å². The van der Waals surface area contributed by atoms with Gasteiger partial charge in [-0.1, -0.05) is 29.8 Å². The number of hydrogen-bond acceptors (Lipinski definition) is 1. The van der Waals surface area contributed by atoms with E-state index < -0.39 is 5.91 Å². The number of rotatable bonds is 2. The number of fused-ring (bicyclic) bond motifs is 1. The maximum atomic E-state index is 11.5. The minimum Gasteiger partial charge on any atom is -0.366 e. The molecule has 2 heterocycles. The second-order valence-corrected chi connectivity index (χ2v) is 4.71. The molecular weight excluding hydrogens is 260 g/mol. The van der Waals surface area contributed by atoms with E-state index in [1.165, 1.54) is 0 Å². The molecular formula is C15H11ClN2O. The summed E-state index contributed by atoms with van der Waals surface area (Å²) in [6.45, 7) is 0. The standard InChI is InChI=1S/C15H11ClN2O/c16-11-6-4-10(5-7-11)14-9-12(15(17)19)13-3-1-2-8-18(13)14/h1-9H,(H2,17,19). The molecule has 2 N–H and O–H groups in total. The highest BCUT2D eigenvalue weighted by Crippen LogP contribution is 2.27. The number of carbonyl (C=O) groups is 1. The van der Waals surface area contributed by atoms with Gasteiger partial charge in [-0.15, -0.1) is 0 Å². The van der Waals surface area contributed by atoms with Crippen molar-refractivity contribution >= 4 is 23.0 Å². The van der Waals surface area contributed by atoms with E-state index in [1.54, 1.807) is 6.07 Å². The Kier molecular flexibility index (Phi) is 2.76. The number of aromatic nitrogens is 1. The molecule has 94 valence electrons. The third-order valence-corrected chi connectivity index (χ3v) is 3.33. The highest BCUT2D eigenvalue weighted by atomic mass is 35.5. The van der Waals surface area contributed by atoms with Gasteiger partial charge in [-0.05, 0) is 35.9 Å². The van der Waals surface area contributed by atoms with Crippen LogP contribution in [0.2, 0.25) is 5.02 Å². The van der Waals surface area contributed by atoms with Crippen molar-refractivity contribution in [1.29, 1.82) is 0 Å². The summed E-state index contributed by atoms with van der Waals surface area (Å²) in [4.78, 5) is 11.5.